The topological polar surface area (TPSA) is 114 Å². The van der Waals surface area contributed by atoms with E-state index in [0.717, 1.165) is 37.0 Å². The maximum absolute atomic E-state index is 12.6. The van der Waals surface area contributed by atoms with Gasteiger partial charge in [0, 0.05) is 13.0 Å². The molecule has 4 bridgehead atoms. The number of amides is 3. The van der Waals surface area contributed by atoms with Crippen LogP contribution in [0.1, 0.15) is 69.2 Å². The van der Waals surface area contributed by atoms with Crippen molar-refractivity contribution in [1.82, 2.24) is 10.6 Å². The second-order valence-electron chi connectivity index (χ2n) is 11.2. The Bertz CT molecular complexity index is 938. The largest absolute Gasteiger partial charge is 0.454 e. The lowest BCUT2D eigenvalue weighted by molar-refractivity contribution is -0.147. The summed E-state index contributed by atoms with van der Waals surface area (Å²) < 4.78 is 5.03. The van der Waals surface area contributed by atoms with Crippen LogP contribution in [0.25, 0.3) is 0 Å². The maximum atomic E-state index is 12.6. The van der Waals surface area contributed by atoms with E-state index in [2.05, 4.69) is 16.0 Å². The summed E-state index contributed by atoms with van der Waals surface area (Å²) in [5.41, 5.74) is 0.792. The summed E-state index contributed by atoms with van der Waals surface area (Å²) in [5.74, 6) is 0.984. The van der Waals surface area contributed by atoms with Gasteiger partial charge in [0.05, 0.1) is 11.3 Å². The molecule has 0 spiro atoms. The Morgan fingerprint density at radius 1 is 0.943 bits per heavy atom. The van der Waals surface area contributed by atoms with Gasteiger partial charge in [-0.15, -0.1) is 0 Å². The van der Waals surface area contributed by atoms with Gasteiger partial charge in [-0.1, -0.05) is 26.0 Å². The fourth-order valence-corrected chi connectivity index (χ4v) is 6.65. The zero-order chi connectivity index (χ0) is 25.0. The fraction of sp³-hybridized carbons (Fsp3) is 0.630. The summed E-state index contributed by atoms with van der Waals surface area (Å²) in [7, 11) is 0. The lowest BCUT2D eigenvalue weighted by Crippen LogP contribution is -2.48. The highest BCUT2D eigenvalue weighted by atomic mass is 16.5. The summed E-state index contributed by atoms with van der Waals surface area (Å²) in [6.45, 7) is 3.76. The van der Waals surface area contributed by atoms with Gasteiger partial charge >= 0.3 is 5.97 Å². The standard InChI is InChI=1S/C27H37N3O5/c1-17(2)14-29-26(34)21-5-3-4-6-22(21)30-24(32)16-35-25(33)15-28-23(31)13-27-10-18-7-19(11-27)9-20(8-18)12-27/h3-6,17-20H,7-16H2,1-2H3,(H,28,31)(H,29,34)(H,30,32). The summed E-state index contributed by atoms with van der Waals surface area (Å²) >= 11 is 0. The number of carbonyl (C=O) groups is 4. The lowest BCUT2D eigenvalue weighted by Gasteiger charge is -2.56. The minimum absolute atomic E-state index is 0.109. The number of carbonyl (C=O) groups excluding carboxylic acids is 4. The Balaban J connectivity index is 1.19. The van der Waals surface area contributed by atoms with Crippen LogP contribution in [0.5, 0.6) is 0 Å². The van der Waals surface area contributed by atoms with Gasteiger partial charge in [-0.2, -0.15) is 0 Å². The summed E-state index contributed by atoms with van der Waals surface area (Å²) in [6, 6.07) is 6.66. The highest BCUT2D eigenvalue weighted by Crippen LogP contribution is 2.61. The van der Waals surface area contributed by atoms with Crippen molar-refractivity contribution in [3.63, 3.8) is 0 Å². The Labute approximate surface area is 206 Å². The van der Waals surface area contributed by atoms with Crippen molar-refractivity contribution in [2.24, 2.45) is 29.1 Å². The number of benzene rings is 1. The van der Waals surface area contributed by atoms with Crippen molar-refractivity contribution < 1.29 is 23.9 Å². The van der Waals surface area contributed by atoms with E-state index in [1.807, 2.05) is 13.8 Å². The first-order valence-electron chi connectivity index (χ1n) is 12.8. The van der Waals surface area contributed by atoms with Gasteiger partial charge in [-0.3, -0.25) is 19.2 Å². The van der Waals surface area contributed by atoms with Crippen molar-refractivity contribution in [3.8, 4) is 0 Å². The molecule has 4 saturated carbocycles. The zero-order valence-electron chi connectivity index (χ0n) is 20.7. The van der Waals surface area contributed by atoms with Crippen LogP contribution in [0, 0.1) is 29.1 Å². The number of nitrogens with one attached hydrogen (secondary N) is 3. The molecule has 35 heavy (non-hydrogen) atoms. The third-order valence-corrected chi connectivity index (χ3v) is 7.61. The monoisotopic (exact) mass is 483 g/mol. The van der Waals surface area contributed by atoms with Crippen molar-refractivity contribution in [2.45, 2.75) is 58.8 Å². The van der Waals surface area contributed by atoms with Crippen molar-refractivity contribution in [1.29, 1.82) is 0 Å². The molecule has 0 heterocycles. The average Bonchev–Trinajstić information content (AvgIpc) is 2.79. The molecule has 4 fully saturated rings. The molecule has 3 N–H and O–H groups in total. The number of para-hydroxylation sites is 1. The van der Waals surface area contributed by atoms with E-state index in [9.17, 15) is 19.2 Å². The van der Waals surface area contributed by atoms with Crippen LogP contribution in [-0.2, 0) is 19.1 Å². The number of hydrogen-bond acceptors (Lipinski definition) is 5. The van der Waals surface area contributed by atoms with Crippen molar-refractivity contribution in [2.75, 3.05) is 25.0 Å². The number of ether oxygens (including phenoxy) is 1. The van der Waals surface area contributed by atoms with Gasteiger partial charge in [0.1, 0.15) is 6.54 Å². The van der Waals surface area contributed by atoms with E-state index in [1.165, 1.54) is 19.3 Å². The van der Waals surface area contributed by atoms with Gasteiger partial charge in [-0.25, -0.2) is 0 Å². The molecule has 1 aromatic carbocycles. The quantitative estimate of drug-likeness (QED) is 0.442. The van der Waals surface area contributed by atoms with Crippen molar-refractivity contribution in [3.05, 3.63) is 29.8 Å². The number of rotatable bonds is 10. The molecule has 4 aliphatic rings. The van der Waals surface area contributed by atoms with Crippen LogP contribution in [0.4, 0.5) is 5.69 Å². The molecule has 4 aliphatic carbocycles. The molecule has 0 saturated heterocycles. The molecule has 0 radical (unpaired) electrons. The van der Waals surface area contributed by atoms with E-state index in [4.69, 9.17) is 4.74 Å². The predicted octanol–water partition coefficient (Wildman–Crippen LogP) is 3.28. The Hall–Kier alpha value is -2.90. The first-order valence-corrected chi connectivity index (χ1v) is 12.8. The lowest BCUT2D eigenvalue weighted by atomic mass is 9.49. The molecular weight excluding hydrogens is 446 g/mol. The zero-order valence-corrected chi connectivity index (χ0v) is 20.7. The molecule has 3 amide bonds. The minimum atomic E-state index is -0.665. The van der Waals surface area contributed by atoms with Crippen LogP contribution in [0.2, 0.25) is 0 Å². The number of anilines is 1. The van der Waals surface area contributed by atoms with Crippen LogP contribution in [0.3, 0.4) is 0 Å². The van der Waals surface area contributed by atoms with Crippen LogP contribution in [-0.4, -0.2) is 43.4 Å². The molecule has 0 atom stereocenters. The Morgan fingerprint density at radius 3 is 2.20 bits per heavy atom. The highest BCUT2D eigenvalue weighted by Gasteiger charge is 2.51. The summed E-state index contributed by atoms with van der Waals surface area (Å²) in [6.07, 6.45) is 7.84. The second-order valence-corrected chi connectivity index (χ2v) is 11.2. The van der Waals surface area contributed by atoms with Crippen LogP contribution < -0.4 is 16.0 Å². The Morgan fingerprint density at radius 2 is 1.57 bits per heavy atom. The number of hydrogen-bond donors (Lipinski definition) is 3. The molecule has 8 heteroatoms. The molecular formula is C27H37N3O5. The fourth-order valence-electron chi connectivity index (χ4n) is 6.65. The van der Waals surface area contributed by atoms with Gasteiger partial charge in [0.25, 0.3) is 11.8 Å². The third kappa shape index (κ3) is 6.61. The van der Waals surface area contributed by atoms with Crippen LogP contribution in [0.15, 0.2) is 24.3 Å². The van der Waals surface area contributed by atoms with E-state index >= 15 is 0 Å². The molecule has 1 aromatic rings. The molecule has 5 rings (SSSR count). The van der Waals surface area contributed by atoms with E-state index in [0.29, 0.717) is 30.1 Å². The van der Waals surface area contributed by atoms with Crippen molar-refractivity contribution >= 4 is 29.4 Å². The van der Waals surface area contributed by atoms with Gasteiger partial charge < -0.3 is 20.7 Å². The summed E-state index contributed by atoms with van der Waals surface area (Å²) in [4.78, 5) is 49.4. The molecule has 0 aromatic heterocycles. The highest BCUT2D eigenvalue weighted by molar-refractivity contribution is 6.04. The van der Waals surface area contributed by atoms with Gasteiger partial charge in [0.2, 0.25) is 5.91 Å². The molecule has 0 unspecified atom stereocenters. The van der Waals surface area contributed by atoms with E-state index in [-0.39, 0.29) is 23.8 Å². The second kappa shape index (κ2) is 10.8. The van der Waals surface area contributed by atoms with Gasteiger partial charge in [0.15, 0.2) is 6.61 Å². The average molecular weight is 484 g/mol. The van der Waals surface area contributed by atoms with Crippen LogP contribution >= 0.6 is 0 Å². The Kier molecular flexibility index (Phi) is 7.77. The maximum Gasteiger partial charge on any atom is 0.325 e. The van der Waals surface area contributed by atoms with Gasteiger partial charge in [-0.05, 0) is 79.7 Å². The minimum Gasteiger partial charge on any atom is -0.454 e. The SMILES string of the molecule is CC(C)CNC(=O)c1ccccc1NC(=O)COC(=O)CNC(=O)CC12CC3CC(CC(C3)C1)C2. The molecule has 0 aliphatic heterocycles. The van der Waals surface area contributed by atoms with E-state index < -0.39 is 18.5 Å². The number of esters is 1. The smallest absolute Gasteiger partial charge is 0.325 e. The normalized spacial score (nSPS) is 26.3. The van der Waals surface area contributed by atoms with E-state index in [1.54, 1.807) is 24.3 Å². The summed E-state index contributed by atoms with van der Waals surface area (Å²) in [5, 5.41) is 8.12. The first kappa shape index (κ1) is 25.2. The predicted molar refractivity (Wildman–Crippen MR) is 131 cm³/mol. The molecule has 8 nitrogen and oxygen atoms in total. The molecule has 190 valence electrons. The first-order chi connectivity index (χ1) is 16.7. The third-order valence-electron chi connectivity index (χ3n) is 7.61.